The Morgan fingerprint density at radius 1 is 1.45 bits per heavy atom. The molecule has 1 aliphatic rings. The summed E-state index contributed by atoms with van der Waals surface area (Å²) in [6.07, 6.45) is 1.98. The van der Waals surface area contributed by atoms with Crippen LogP contribution in [-0.2, 0) is 0 Å². The van der Waals surface area contributed by atoms with Crippen molar-refractivity contribution in [3.63, 3.8) is 0 Å². The van der Waals surface area contributed by atoms with Gasteiger partial charge in [-0.15, -0.1) is 0 Å². The number of hydrogen-bond donors (Lipinski definition) is 2. The SMILES string of the molecule is O=c1[nH]nc(C2=NCCC2)[nH]1. The van der Waals surface area contributed by atoms with Crippen LogP contribution in [0.5, 0.6) is 0 Å². The Bertz CT molecular complexity index is 334. The molecule has 2 heterocycles. The Hall–Kier alpha value is -1.39. The van der Waals surface area contributed by atoms with Crippen LogP contribution in [0.25, 0.3) is 0 Å². The molecule has 58 valence electrons. The topological polar surface area (TPSA) is 73.9 Å². The third-order valence-corrected chi connectivity index (χ3v) is 1.65. The molecule has 1 aliphatic heterocycles. The number of aromatic amines is 2. The summed E-state index contributed by atoms with van der Waals surface area (Å²) >= 11 is 0. The van der Waals surface area contributed by atoms with Crippen LogP contribution in [0.4, 0.5) is 0 Å². The van der Waals surface area contributed by atoms with E-state index in [1.165, 1.54) is 0 Å². The molecule has 0 fully saturated rings. The van der Waals surface area contributed by atoms with Gasteiger partial charge in [0, 0.05) is 6.54 Å². The van der Waals surface area contributed by atoms with Gasteiger partial charge in [0.25, 0.3) is 0 Å². The molecule has 0 aromatic carbocycles. The van der Waals surface area contributed by atoms with Gasteiger partial charge >= 0.3 is 5.69 Å². The molecular weight excluding hydrogens is 144 g/mol. The van der Waals surface area contributed by atoms with E-state index in [1.54, 1.807) is 0 Å². The van der Waals surface area contributed by atoms with E-state index in [4.69, 9.17) is 0 Å². The molecule has 0 spiro atoms. The highest BCUT2D eigenvalue weighted by Gasteiger charge is 2.11. The lowest BCUT2D eigenvalue weighted by Crippen LogP contribution is -2.04. The normalized spacial score (nSPS) is 16.9. The summed E-state index contributed by atoms with van der Waals surface area (Å²) in [6.45, 7) is 0.851. The van der Waals surface area contributed by atoms with Gasteiger partial charge in [0.1, 0.15) is 0 Å². The van der Waals surface area contributed by atoms with Crippen molar-refractivity contribution >= 4 is 5.71 Å². The Balaban J connectivity index is 2.35. The second kappa shape index (κ2) is 2.34. The van der Waals surface area contributed by atoms with Crippen LogP contribution in [0, 0.1) is 0 Å². The molecule has 2 rings (SSSR count). The van der Waals surface area contributed by atoms with E-state index in [9.17, 15) is 4.79 Å². The number of rotatable bonds is 1. The van der Waals surface area contributed by atoms with Gasteiger partial charge in [-0.2, -0.15) is 5.10 Å². The molecule has 0 saturated carbocycles. The molecule has 0 radical (unpaired) electrons. The first-order valence-corrected chi connectivity index (χ1v) is 3.54. The van der Waals surface area contributed by atoms with Crippen LogP contribution in [0.3, 0.4) is 0 Å². The average molecular weight is 152 g/mol. The van der Waals surface area contributed by atoms with Gasteiger partial charge in [0.15, 0.2) is 5.82 Å². The highest BCUT2D eigenvalue weighted by Crippen LogP contribution is 2.07. The Morgan fingerprint density at radius 3 is 2.91 bits per heavy atom. The predicted molar refractivity (Wildman–Crippen MR) is 39.8 cm³/mol. The number of nitrogens with one attached hydrogen (secondary N) is 2. The van der Waals surface area contributed by atoms with Gasteiger partial charge in [-0.25, -0.2) is 9.89 Å². The van der Waals surface area contributed by atoms with Crippen molar-refractivity contribution in [2.24, 2.45) is 4.99 Å². The lowest BCUT2D eigenvalue weighted by atomic mass is 10.2. The van der Waals surface area contributed by atoms with Gasteiger partial charge in [0.05, 0.1) is 5.71 Å². The molecule has 11 heavy (non-hydrogen) atoms. The van der Waals surface area contributed by atoms with E-state index < -0.39 is 0 Å². The van der Waals surface area contributed by atoms with Crippen molar-refractivity contribution in [3.8, 4) is 0 Å². The van der Waals surface area contributed by atoms with Crippen LogP contribution < -0.4 is 5.69 Å². The van der Waals surface area contributed by atoms with Crippen molar-refractivity contribution in [1.82, 2.24) is 15.2 Å². The zero-order valence-electron chi connectivity index (χ0n) is 5.92. The zero-order chi connectivity index (χ0) is 7.68. The number of aromatic nitrogens is 3. The standard InChI is InChI=1S/C6H8N4O/c11-6-8-5(9-10-6)4-2-1-3-7-4/h1-3H2,(H2,8,9,10,11). The number of nitrogens with zero attached hydrogens (tertiary/aromatic N) is 2. The van der Waals surface area contributed by atoms with Gasteiger partial charge in [0.2, 0.25) is 0 Å². The minimum absolute atomic E-state index is 0.269. The molecule has 0 unspecified atom stereocenters. The lowest BCUT2D eigenvalue weighted by Gasteiger charge is -1.88. The quantitative estimate of drug-likeness (QED) is 0.578. The predicted octanol–water partition coefficient (Wildman–Crippen LogP) is -0.319. The summed E-state index contributed by atoms with van der Waals surface area (Å²) in [6, 6.07) is 0. The zero-order valence-corrected chi connectivity index (χ0v) is 5.92. The van der Waals surface area contributed by atoms with E-state index in [2.05, 4.69) is 20.2 Å². The third kappa shape index (κ3) is 1.09. The van der Waals surface area contributed by atoms with Crippen molar-refractivity contribution in [1.29, 1.82) is 0 Å². The van der Waals surface area contributed by atoms with Gasteiger partial charge in [-0.3, -0.25) is 9.98 Å². The van der Waals surface area contributed by atoms with Gasteiger partial charge in [-0.1, -0.05) is 0 Å². The molecule has 0 aliphatic carbocycles. The summed E-state index contributed by atoms with van der Waals surface area (Å²) in [5.74, 6) is 0.590. The van der Waals surface area contributed by atoms with Crippen molar-refractivity contribution < 1.29 is 0 Å². The number of H-pyrrole nitrogens is 2. The summed E-state index contributed by atoms with van der Waals surface area (Å²) < 4.78 is 0. The maximum Gasteiger partial charge on any atom is 0.340 e. The number of aliphatic imine (C=N–C) groups is 1. The van der Waals surface area contributed by atoms with E-state index in [-0.39, 0.29) is 5.69 Å². The minimum atomic E-state index is -0.269. The second-order valence-electron chi connectivity index (χ2n) is 2.46. The first-order chi connectivity index (χ1) is 5.36. The maximum atomic E-state index is 10.6. The molecule has 1 aromatic rings. The smallest absolute Gasteiger partial charge is 0.288 e. The summed E-state index contributed by atoms with van der Waals surface area (Å²) in [5, 5.41) is 6.08. The first-order valence-electron chi connectivity index (χ1n) is 3.54. The third-order valence-electron chi connectivity index (χ3n) is 1.65. The van der Waals surface area contributed by atoms with Crippen LogP contribution in [-0.4, -0.2) is 27.4 Å². The van der Waals surface area contributed by atoms with Crippen molar-refractivity contribution in [3.05, 3.63) is 16.3 Å². The lowest BCUT2D eigenvalue weighted by molar-refractivity contribution is 0.949. The average Bonchev–Trinajstić information content (AvgIpc) is 2.55. The molecular formula is C6H8N4O. The fraction of sp³-hybridized carbons (Fsp3) is 0.500. The highest BCUT2D eigenvalue weighted by atomic mass is 16.1. The summed E-state index contributed by atoms with van der Waals surface area (Å²) in [4.78, 5) is 17.4. The van der Waals surface area contributed by atoms with Gasteiger partial charge < -0.3 is 0 Å². The summed E-state index contributed by atoms with van der Waals surface area (Å²) in [7, 11) is 0. The Kier molecular flexibility index (Phi) is 1.34. The van der Waals surface area contributed by atoms with E-state index in [0.29, 0.717) is 5.82 Å². The highest BCUT2D eigenvalue weighted by molar-refractivity contribution is 5.98. The van der Waals surface area contributed by atoms with E-state index in [1.807, 2.05) is 0 Å². The molecule has 0 atom stereocenters. The fourth-order valence-corrected chi connectivity index (χ4v) is 1.14. The summed E-state index contributed by atoms with van der Waals surface area (Å²) in [5.41, 5.74) is 0.637. The van der Waals surface area contributed by atoms with Crippen molar-refractivity contribution in [2.45, 2.75) is 12.8 Å². The first kappa shape index (κ1) is 6.33. The van der Waals surface area contributed by atoms with E-state index in [0.717, 1.165) is 25.1 Å². The van der Waals surface area contributed by atoms with Crippen LogP contribution >= 0.6 is 0 Å². The monoisotopic (exact) mass is 152 g/mol. The van der Waals surface area contributed by atoms with E-state index >= 15 is 0 Å². The molecule has 2 N–H and O–H groups in total. The van der Waals surface area contributed by atoms with Crippen LogP contribution in [0.2, 0.25) is 0 Å². The van der Waals surface area contributed by atoms with Crippen LogP contribution in [0.15, 0.2) is 9.79 Å². The largest absolute Gasteiger partial charge is 0.340 e. The molecule has 5 nitrogen and oxygen atoms in total. The molecule has 0 saturated heterocycles. The molecule has 1 aromatic heterocycles. The van der Waals surface area contributed by atoms with Crippen LogP contribution in [0.1, 0.15) is 18.7 Å². The molecule has 0 bridgehead atoms. The maximum absolute atomic E-state index is 10.6. The fourth-order valence-electron chi connectivity index (χ4n) is 1.14. The van der Waals surface area contributed by atoms with Gasteiger partial charge in [-0.05, 0) is 12.8 Å². The Labute approximate surface area is 62.6 Å². The number of hydrogen-bond acceptors (Lipinski definition) is 3. The molecule has 0 amide bonds. The minimum Gasteiger partial charge on any atom is -0.288 e. The van der Waals surface area contributed by atoms with Crippen molar-refractivity contribution in [2.75, 3.05) is 6.54 Å². The molecule has 5 heteroatoms. The second-order valence-corrected chi connectivity index (χ2v) is 2.46. The Morgan fingerprint density at radius 2 is 2.36 bits per heavy atom.